The van der Waals surface area contributed by atoms with Crippen LogP contribution in [0.15, 0.2) is 97.6 Å². The number of hydrogen-bond donors (Lipinski definition) is 0. The fourth-order valence-corrected chi connectivity index (χ4v) is 3.97. The van der Waals surface area contributed by atoms with E-state index in [-0.39, 0.29) is 0 Å². The Balaban J connectivity index is 1.83. The number of para-hydroxylation sites is 1. The summed E-state index contributed by atoms with van der Waals surface area (Å²) in [5, 5.41) is 12.1. The van der Waals surface area contributed by atoms with Gasteiger partial charge in [-0.2, -0.15) is 0 Å². The summed E-state index contributed by atoms with van der Waals surface area (Å²) in [6.45, 7) is 0. The van der Waals surface area contributed by atoms with Gasteiger partial charge in [0.15, 0.2) is 5.82 Å². The van der Waals surface area contributed by atoms with Gasteiger partial charge < -0.3 is 0 Å². The molecule has 0 saturated carbocycles. The molecule has 0 aliphatic carbocycles. The van der Waals surface area contributed by atoms with Gasteiger partial charge in [-0.3, -0.25) is 4.57 Å². The zero-order chi connectivity index (χ0) is 20.6. The van der Waals surface area contributed by atoms with E-state index in [1.165, 1.54) is 0 Å². The monoisotopic (exact) mass is 412 g/mol. The van der Waals surface area contributed by atoms with Crippen LogP contribution in [0.3, 0.4) is 0 Å². The molecule has 146 valence electrons. The minimum absolute atomic E-state index is 0.357. The number of hydrogen-bond acceptors (Lipinski definition) is 3. The first-order valence-electron chi connectivity index (χ1n) is 9.60. The van der Waals surface area contributed by atoms with Gasteiger partial charge in [-0.05, 0) is 18.2 Å². The average molecular weight is 413 g/mol. The van der Waals surface area contributed by atoms with Crippen LogP contribution in [0.5, 0.6) is 0 Å². The third-order valence-corrected chi connectivity index (χ3v) is 5.69. The average Bonchev–Trinajstić information content (AvgIpc) is 3.34. The molecular formula is C24H19ClN5+. The third kappa shape index (κ3) is 2.96. The standard InChI is InChI=1S/C24H19ClN5/c1-30(19-7-3-2-4-8-19,20-13-11-18(25)12-14-20)24-22-10-6-5-9-21(22)23(27-28-24)29-16-15-26-17-29/h2-17H,1H3/q+1. The summed E-state index contributed by atoms with van der Waals surface area (Å²) in [6.07, 6.45) is 5.35. The molecule has 2 heterocycles. The van der Waals surface area contributed by atoms with Crippen molar-refractivity contribution in [3.8, 4) is 5.82 Å². The van der Waals surface area contributed by atoms with Crippen LogP contribution in [0.25, 0.3) is 16.6 Å². The fraction of sp³-hybridized carbons (Fsp3) is 0.0417. The molecule has 5 aromatic rings. The highest BCUT2D eigenvalue weighted by Crippen LogP contribution is 2.44. The summed E-state index contributed by atoms with van der Waals surface area (Å²) in [6, 6.07) is 26.4. The second kappa shape index (κ2) is 7.37. The van der Waals surface area contributed by atoms with Crippen molar-refractivity contribution in [3.63, 3.8) is 0 Å². The lowest BCUT2D eigenvalue weighted by Crippen LogP contribution is -2.35. The Hall–Kier alpha value is -3.54. The van der Waals surface area contributed by atoms with Crippen molar-refractivity contribution in [3.05, 3.63) is 103 Å². The third-order valence-electron chi connectivity index (χ3n) is 5.44. The molecule has 0 aliphatic heterocycles. The first-order chi connectivity index (χ1) is 14.7. The van der Waals surface area contributed by atoms with Crippen molar-refractivity contribution in [1.29, 1.82) is 0 Å². The molecule has 0 spiro atoms. The lowest BCUT2D eigenvalue weighted by atomic mass is 10.1. The molecule has 1 unspecified atom stereocenters. The normalized spacial score (nSPS) is 13.3. The maximum absolute atomic E-state index is 6.18. The van der Waals surface area contributed by atoms with Crippen LogP contribution >= 0.6 is 11.6 Å². The van der Waals surface area contributed by atoms with Gasteiger partial charge >= 0.3 is 0 Å². The van der Waals surface area contributed by atoms with E-state index < -0.39 is 0 Å². The van der Waals surface area contributed by atoms with Crippen molar-refractivity contribution in [2.45, 2.75) is 0 Å². The predicted octanol–water partition coefficient (Wildman–Crippen LogP) is 6.07. The molecule has 0 amide bonds. The summed E-state index contributed by atoms with van der Waals surface area (Å²) < 4.78 is 2.24. The summed E-state index contributed by atoms with van der Waals surface area (Å²) in [5.74, 6) is 1.59. The maximum Gasteiger partial charge on any atom is 0.264 e. The highest BCUT2D eigenvalue weighted by Gasteiger charge is 2.35. The van der Waals surface area contributed by atoms with E-state index in [0.717, 1.165) is 33.8 Å². The number of nitrogens with zero attached hydrogens (tertiary/aromatic N) is 5. The molecule has 3 aromatic carbocycles. The molecule has 0 fully saturated rings. The number of quaternary nitrogens is 1. The Kier molecular flexibility index (Phi) is 4.54. The van der Waals surface area contributed by atoms with Gasteiger partial charge in [-0.15, -0.1) is 5.10 Å². The van der Waals surface area contributed by atoms with Crippen molar-refractivity contribution in [2.24, 2.45) is 0 Å². The minimum atomic E-state index is 0.357. The second-order valence-corrected chi connectivity index (χ2v) is 7.62. The van der Waals surface area contributed by atoms with Crippen molar-refractivity contribution >= 4 is 39.6 Å². The number of benzene rings is 3. The topological polar surface area (TPSA) is 43.6 Å². The number of imidazole rings is 1. The van der Waals surface area contributed by atoms with E-state index in [9.17, 15) is 0 Å². The number of rotatable bonds is 4. The lowest BCUT2D eigenvalue weighted by Gasteiger charge is -2.32. The van der Waals surface area contributed by atoms with Crippen molar-refractivity contribution in [1.82, 2.24) is 24.2 Å². The van der Waals surface area contributed by atoms with Gasteiger partial charge in [0.2, 0.25) is 0 Å². The fourth-order valence-electron chi connectivity index (χ4n) is 3.84. The highest BCUT2D eigenvalue weighted by molar-refractivity contribution is 6.30. The predicted molar refractivity (Wildman–Crippen MR) is 122 cm³/mol. The van der Waals surface area contributed by atoms with Gasteiger partial charge in [0.05, 0.1) is 12.4 Å². The van der Waals surface area contributed by atoms with E-state index in [0.29, 0.717) is 9.51 Å². The Morgan fingerprint density at radius 1 is 0.767 bits per heavy atom. The van der Waals surface area contributed by atoms with Crippen molar-refractivity contribution in [2.75, 3.05) is 7.05 Å². The summed E-state index contributed by atoms with van der Waals surface area (Å²) >= 11 is 6.18. The van der Waals surface area contributed by atoms with Crippen LogP contribution < -0.4 is 4.48 Å². The quantitative estimate of drug-likeness (QED) is 0.336. The smallest absolute Gasteiger partial charge is 0.264 e. The molecule has 6 heteroatoms. The summed E-state index contributed by atoms with van der Waals surface area (Å²) in [7, 11) is 2.13. The van der Waals surface area contributed by atoms with Crippen LogP contribution in [0, 0.1) is 0 Å². The van der Waals surface area contributed by atoms with E-state index in [1.807, 2.05) is 65.4 Å². The molecule has 5 rings (SSSR count). The molecule has 0 saturated heterocycles. The molecule has 30 heavy (non-hydrogen) atoms. The summed E-state index contributed by atoms with van der Waals surface area (Å²) in [5.41, 5.74) is 2.12. The molecule has 2 aromatic heterocycles. The Morgan fingerprint density at radius 2 is 1.43 bits per heavy atom. The maximum atomic E-state index is 6.18. The van der Waals surface area contributed by atoms with Gasteiger partial charge in [0, 0.05) is 47.1 Å². The zero-order valence-corrected chi connectivity index (χ0v) is 17.1. The Labute approximate surface area is 179 Å². The van der Waals surface area contributed by atoms with Crippen LogP contribution in [-0.2, 0) is 0 Å². The second-order valence-electron chi connectivity index (χ2n) is 7.18. The number of halogens is 1. The van der Waals surface area contributed by atoms with E-state index in [4.69, 9.17) is 16.7 Å². The van der Waals surface area contributed by atoms with Crippen LogP contribution in [0.1, 0.15) is 0 Å². The molecule has 1 atom stereocenters. The van der Waals surface area contributed by atoms with Crippen molar-refractivity contribution < 1.29 is 0 Å². The molecule has 0 radical (unpaired) electrons. The van der Waals surface area contributed by atoms with Gasteiger partial charge in [-0.1, -0.05) is 53.1 Å². The van der Waals surface area contributed by atoms with Crippen LogP contribution in [-0.4, -0.2) is 26.8 Å². The van der Waals surface area contributed by atoms with E-state index in [1.54, 1.807) is 12.5 Å². The largest absolute Gasteiger partial charge is 0.288 e. The molecule has 0 bridgehead atoms. The molecule has 0 aliphatic rings. The molecule has 0 N–H and O–H groups in total. The number of fused-ring (bicyclic) bond motifs is 1. The van der Waals surface area contributed by atoms with Crippen LogP contribution in [0.4, 0.5) is 17.2 Å². The lowest BCUT2D eigenvalue weighted by molar-refractivity contribution is 0.604. The van der Waals surface area contributed by atoms with Gasteiger partial charge in [-0.25, -0.2) is 9.47 Å². The summed E-state index contributed by atoms with van der Waals surface area (Å²) in [4.78, 5) is 4.16. The first kappa shape index (κ1) is 18.5. The van der Waals surface area contributed by atoms with Crippen LogP contribution in [0.2, 0.25) is 5.02 Å². The number of aromatic nitrogens is 4. The molecule has 5 nitrogen and oxygen atoms in total. The van der Waals surface area contributed by atoms with E-state index in [2.05, 4.69) is 41.4 Å². The minimum Gasteiger partial charge on any atom is -0.288 e. The Morgan fingerprint density at radius 3 is 2.13 bits per heavy atom. The highest BCUT2D eigenvalue weighted by atomic mass is 35.5. The zero-order valence-electron chi connectivity index (χ0n) is 16.4. The van der Waals surface area contributed by atoms with Gasteiger partial charge in [0.1, 0.15) is 17.7 Å². The van der Waals surface area contributed by atoms with E-state index >= 15 is 0 Å². The SMILES string of the molecule is C[N+](c1ccccc1)(c1ccc(Cl)cc1)c1nnc(-n2ccnc2)c2ccccc12. The molecular weight excluding hydrogens is 394 g/mol. The Bertz CT molecular complexity index is 1300. The van der Waals surface area contributed by atoms with Gasteiger partial charge in [0.25, 0.3) is 5.82 Å². The first-order valence-corrected chi connectivity index (χ1v) is 9.98.